The summed E-state index contributed by atoms with van der Waals surface area (Å²) in [5.41, 5.74) is 6.21. The Morgan fingerprint density at radius 3 is 2.92 bits per heavy atom. The summed E-state index contributed by atoms with van der Waals surface area (Å²) in [5, 5.41) is 0.599. The Balaban J connectivity index is 2.15. The number of nitrogens with two attached hydrogens (primary N) is 1. The van der Waals surface area contributed by atoms with E-state index in [0.717, 1.165) is 18.5 Å². The largest absolute Gasteiger partial charge is 0.487 e. The zero-order chi connectivity index (χ0) is 9.26. The van der Waals surface area contributed by atoms with Gasteiger partial charge in [-0.15, -0.1) is 0 Å². The third-order valence-corrected chi connectivity index (χ3v) is 2.20. The first-order chi connectivity index (χ1) is 6.29. The SMILES string of the molecule is NCc1cc(Cl)c(OC2CC2)cn1. The first-order valence-corrected chi connectivity index (χ1v) is 4.68. The Hall–Kier alpha value is -0.800. The predicted octanol–water partition coefficient (Wildman–Crippen LogP) is 1.73. The summed E-state index contributed by atoms with van der Waals surface area (Å²) in [6.45, 7) is 0.406. The van der Waals surface area contributed by atoms with E-state index in [1.54, 1.807) is 12.3 Å². The maximum atomic E-state index is 5.96. The molecule has 1 aromatic heterocycles. The fraction of sp³-hybridized carbons (Fsp3) is 0.444. The van der Waals surface area contributed by atoms with Crippen molar-refractivity contribution in [1.82, 2.24) is 4.98 Å². The molecule has 2 N–H and O–H groups in total. The van der Waals surface area contributed by atoms with Crippen LogP contribution in [0.25, 0.3) is 0 Å². The number of nitrogens with zero attached hydrogens (tertiary/aromatic N) is 1. The van der Waals surface area contributed by atoms with E-state index in [9.17, 15) is 0 Å². The number of rotatable bonds is 3. The summed E-state index contributed by atoms with van der Waals surface area (Å²) in [7, 11) is 0. The topological polar surface area (TPSA) is 48.1 Å². The molecule has 1 fully saturated rings. The molecule has 0 spiro atoms. The number of pyridine rings is 1. The van der Waals surface area contributed by atoms with Gasteiger partial charge in [-0.25, -0.2) is 0 Å². The van der Waals surface area contributed by atoms with Gasteiger partial charge in [-0.2, -0.15) is 0 Å². The van der Waals surface area contributed by atoms with Gasteiger partial charge in [0.15, 0.2) is 5.75 Å². The molecular formula is C9H11ClN2O. The summed E-state index contributed by atoms with van der Waals surface area (Å²) in [5.74, 6) is 0.668. The maximum Gasteiger partial charge on any atom is 0.156 e. The van der Waals surface area contributed by atoms with E-state index in [-0.39, 0.29) is 0 Å². The normalized spacial score (nSPS) is 15.8. The number of hydrogen-bond acceptors (Lipinski definition) is 3. The Morgan fingerprint density at radius 2 is 2.38 bits per heavy atom. The van der Waals surface area contributed by atoms with Crippen molar-refractivity contribution in [3.8, 4) is 5.75 Å². The van der Waals surface area contributed by atoms with Crippen LogP contribution in [0.4, 0.5) is 0 Å². The van der Waals surface area contributed by atoms with Gasteiger partial charge >= 0.3 is 0 Å². The van der Waals surface area contributed by atoms with Crippen LogP contribution in [-0.2, 0) is 6.54 Å². The van der Waals surface area contributed by atoms with Gasteiger partial charge in [0, 0.05) is 6.54 Å². The lowest BCUT2D eigenvalue weighted by molar-refractivity contribution is 0.302. The second kappa shape index (κ2) is 3.52. The average Bonchev–Trinajstić information content (AvgIpc) is 2.92. The zero-order valence-corrected chi connectivity index (χ0v) is 7.92. The Morgan fingerprint density at radius 1 is 1.62 bits per heavy atom. The fourth-order valence-electron chi connectivity index (χ4n) is 1.02. The van der Waals surface area contributed by atoms with Crippen LogP contribution in [0, 0.1) is 0 Å². The van der Waals surface area contributed by atoms with Crippen LogP contribution in [0.3, 0.4) is 0 Å². The summed E-state index contributed by atoms with van der Waals surface area (Å²) in [6.07, 6.45) is 4.23. The molecule has 1 heterocycles. The molecule has 1 saturated carbocycles. The monoisotopic (exact) mass is 198 g/mol. The highest BCUT2D eigenvalue weighted by molar-refractivity contribution is 6.32. The molecule has 0 amide bonds. The van der Waals surface area contributed by atoms with E-state index in [2.05, 4.69) is 4.98 Å². The van der Waals surface area contributed by atoms with Crippen molar-refractivity contribution in [3.63, 3.8) is 0 Å². The highest BCUT2D eigenvalue weighted by Gasteiger charge is 2.24. The summed E-state index contributed by atoms with van der Waals surface area (Å²) < 4.78 is 5.52. The smallest absolute Gasteiger partial charge is 0.156 e. The van der Waals surface area contributed by atoms with Crippen molar-refractivity contribution in [3.05, 3.63) is 23.0 Å². The van der Waals surface area contributed by atoms with Crippen LogP contribution in [0.5, 0.6) is 5.75 Å². The molecule has 0 atom stereocenters. The minimum atomic E-state index is 0.350. The van der Waals surface area contributed by atoms with Crippen molar-refractivity contribution in [2.75, 3.05) is 0 Å². The maximum absolute atomic E-state index is 5.96. The fourth-order valence-corrected chi connectivity index (χ4v) is 1.24. The van der Waals surface area contributed by atoms with E-state index in [4.69, 9.17) is 22.1 Å². The highest BCUT2D eigenvalue weighted by Crippen LogP contribution is 2.31. The number of hydrogen-bond donors (Lipinski definition) is 1. The standard InChI is InChI=1S/C9H11ClN2O/c10-8-3-6(4-11)12-5-9(8)13-7-1-2-7/h3,5,7H,1-2,4,11H2. The molecule has 0 aromatic carbocycles. The molecular weight excluding hydrogens is 188 g/mol. The van der Waals surface area contributed by atoms with Gasteiger partial charge in [0.25, 0.3) is 0 Å². The van der Waals surface area contributed by atoms with Gasteiger partial charge in [0.05, 0.1) is 23.0 Å². The van der Waals surface area contributed by atoms with Gasteiger partial charge in [-0.1, -0.05) is 11.6 Å². The van der Waals surface area contributed by atoms with Gasteiger partial charge in [-0.05, 0) is 18.9 Å². The van der Waals surface area contributed by atoms with Crippen molar-refractivity contribution in [2.24, 2.45) is 5.73 Å². The first kappa shape index (κ1) is 8.78. The molecule has 4 heteroatoms. The summed E-state index contributed by atoms with van der Waals surface area (Å²) >= 11 is 5.96. The Labute approximate surface area is 81.9 Å². The van der Waals surface area contributed by atoms with Crippen LogP contribution in [0.15, 0.2) is 12.3 Å². The molecule has 0 radical (unpaired) electrons. The molecule has 0 unspecified atom stereocenters. The molecule has 1 aliphatic rings. The van der Waals surface area contributed by atoms with E-state index < -0.39 is 0 Å². The quantitative estimate of drug-likeness (QED) is 0.805. The lowest BCUT2D eigenvalue weighted by Crippen LogP contribution is -2.02. The summed E-state index contributed by atoms with van der Waals surface area (Å²) in [6, 6.07) is 1.75. The van der Waals surface area contributed by atoms with Crippen LogP contribution in [0.1, 0.15) is 18.5 Å². The van der Waals surface area contributed by atoms with Crippen molar-refractivity contribution in [1.29, 1.82) is 0 Å². The van der Waals surface area contributed by atoms with E-state index in [1.807, 2.05) is 0 Å². The lowest BCUT2D eigenvalue weighted by Gasteiger charge is -2.06. The predicted molar refractivity (Wildman–Crippen MR) is 50.8 cm³/mol. The van der Waals surface area contributed by atoms with E-state index in [0.29, 0.717) is 23.4 Å². The number of aromatic nitrogens is 1. The zero-order valence-electron chi connectivity index (χ0n) is 7.16. The van der Waals surface area contributed by atoms with Gasteiger partial charge in [-0.3, -0.25) is 4.98 Å². The van der Waals surface area contributed by atoms with Crippen LogP contribution in [-0.4, -0.2) is 11.1 Å². The second-order valence-electron chi connectivity index (χ2n) is 3.13. The molecule has 70 valence electrons. The molecule has 0 bridgehead atoms. The molecule has 0 aliphatic heterocycles. The van der Waals surface area contributed by atoms with Gasteiger partial charge < -0.3 is 10.5 Å². The van der Waals surface area contributed by atoms with E-state index in [1.165, 1.54) is 0 Å². The minimum absolute atomic E-state index is 0.350. The molecule has 1 aliphatic carbocycles. The Kier molecular flexibility index (Phi) is 2.38. The third-order valence-electron chi connectivity index (χ3n) is 1.90. The van der Waals surface area contributed by atoms with Crippen molar-refractivity contribution < 1.29 is 4.74 Å². The van der Waals surface area contributed by atoms with Crippen molar-refractivity contribution >= 4 is 11.6 Å². The molecule has 13 heavy (non-hydrogen) atoms. The van der Waals surface area contributed by atoms with Crippen LogP contribution >= 0.6 is 11.6 Å². The van der Waals surface area contributed by atoms with Crippen molar-refractivity contribution in [2.45, 2.75) is 25.5 Å². The average molecular weight is 199 g/mol. The second-order valence-corrected chi connectivity index (χ2v) is 3.53. The van der Waals surface area contributed by atoms with Gasteiger partial charge in [0.2, 0.25) is 0 Å². The first-order valence-electron chi connectivity index (χ1n) is 4.30. The minimum Gasteiger partial charge on any atom is -0.487 e. The lowest BCUT2D eigenvalue weighted by atomic mass is 10.3. The molecule has 0 saturated heterocycles. The third kappa shape index (κ3) is 2.11. The Bertz CT molecular complexity index is 312. The number of halogens is 1. The number of ether oxygens (including phenoxy) is 1. The van der Waals surface area contributed by atoms with Crippen LogP contribution < -0.4 is 10.5 Å². The highest BCUT2D eigenvalue weighted by atomic mass is 35.5. The molecule has 1 aromatic rings. The molecule has 2 rings (SSSR count). The molecule has 3 nitrogen and oxygen atoms in total. The summed E-state index contributed by atoms with van der Waals surface area (Å²) in [4.78, 5) is 4.10. The van der Waals surface area contributed by atoms with E-state index >= 15 is 0 Å². The van der Waals surface area contributed by atoms with Gasteiger partial charge in [0.1, 0.15) is 0 Å². The van der Waals surface area contributed by atoms with Crippen LogP contribution in [0.2, 0.25) is 5.02 Å².